The second kappa shape index (κ2) is 7.12. The Balaban J connectivity index is 1.98. The van der Waals surface area contributed by atoms with E-state index in [0.717, 1.165) is 17.8 Å². The van der Waals surface area contributed by atoms with Gasteiger partial charge in [0.1, 0.15) is 11.5 Å². The highest BCUT2D eigenvalue weighted by Gasteiger charge is 2.17. The number of hydrogen-bond donors (Lipinski definition) is 1. The molecule has 1 heterocycles. The maximum atomic E-state index is 12.9. The molecule has 1 N–H and O–H groups in total. The molecule has 24 heavy (non-hydrogen) atoms. The maximum Gasteiger partial charge on any atom is 0.269 e. The Morgan fingerprint density at radius 1 is 1.29 bits per heavy atom. The average Bonchev–Trinajstić information content (AvgIpc) is 2.90. The minimum atomic E-state index is -3.58. The quantitative estimate of drug-likeness (QED) is 0.804. The maximum absolute atomic E-state index is 12.9. The van der Waals surface area contributed by atoms with Crippen molar-refractivity contribution in [3.05, 3.63) is 47.5 Å². The van der Waals surface area contributed by atoms with Crippen LogP contribution in [0.2, 0.25) is 0 Å². The zero-order valence-corrected chi connectivity index (χ0v) is 14.6. The summed E-state index contributed by atoms with van der Waals surface area (Å²) >= 11 is 0. The molecule has 0 saturated carbocycles. The van der Waals surface area contributed by atoms with E-state index in [0.29, 0.717) is 5.69 Å². The molecule has 0 aliphatic heterocycles. The fraction of sp³-hybridized carbons (Fsp3) is 0.375. The standard InChI is InChI=1S/C16H20FN3O3S/c1-11(2)14-10-15(20(3)19-14)16(21)18-8-9-24(22,23)13-6-4-12(17)5-7-13/h4-7,10-11H,8-9H2,1-3H3,(H,18,21). The topological polar surface area (TPSA) is 81.1 Å². The minimum Gasteiger partial charge on any atom is -0.350 e. The minimum absolute atomic E-state index is 0.0285. The molecule has 6 nitrogen and oxygen atoms in total. The molecule has 0 fully saturated rings. The predicted octanol–water partition coefficient (Wildman–Crippen LogP) is 1.89. The first-order valence-corrected chi connectivity index (χ1v) is 9.16. The zero-order chi connectivity index (χ0) is 17.9. The number of nitrogens with one attached hydrogen (secondary N) is 1. The summed E-state index contributed by atoms with van der Waals surface area (Å²) in [5.41, 5.74) is 1.17. The second-order valence-corrected chi connectivity index (χ2v) is 7.87. The molecule has 1 aromatic heterocycles. The number of carbonyl (C=O) groups excluding carboxylic acids is 1. The van der Waals surface area contributed by atoms with Gasteiger partial charge >= 0.3 is 0 Å². The molecule has 0 spiro atoms. The summed E-state index contributed by atoms with van der Waals surface area (Å²) in [6, 6.07) is 6.29. The van der Waals surface area contributed by atoms with Crippen LogP contribution in [0.15, 0.2) is 35.2 Å². The van der Waals surface area contributed by atoms with Gasteiger partial charge in [-0.3, -0.25) is 9.48 Å². The lowest BCUT2D eigenvalue weighted by Gasteiger charge is -2.07. The van der Waals surface area contributed by atoms with Crippen molar-refractivity contribution in [3.63, 3.8) is 0 Å². The summed E-state index contributed by atoms with van der Waals surface area (Å²) in [5.74, 6) is -0.957. The Bertz CT molecular complexity index is 827. The third-order valence-corrected chi connectivity index (χ3v) is 5.28. The number of amides is 1. The number of hydrogen-bond acceptors (Lipinski definition) is 4. The number of aromatic nitrogens is 2. The van der Waals surface area contributed by atoms with E-state index in [1.807, 2.05) is 13.8 Å². The molecule has 8 heteroatoms. The van der Waals surface area contributed by atoms with Gasteiger partial charge in [-0.1, -0.05) is 13.8 Å². The van der Waals surface area contributed by atoms with Crippen molar-refractivity contribution in [2.45, 2.75) is 24.7 Å². The van der Waals surface area contributed by atoms with Crippen LogP contribution >= 0.6 is 0 Å². The first-order chi connectivity index (χ1) is 11.2. The first-order valence-electron chi connectivity index (χ1n) is 7.51. The molecule has 0 aliphatic carbocycles. The third-order valence-electron chi connectivity index (χ3n) is 3.55. The second-order valence-electron chi connectivity index (χ2n) is 5.76. The van der Waals surface area contributed by atoms with E-state index in [9.17, 15) is 17.6 Å². The highest BCUT2D eigenvalue weighted by molar-refractivity contribution is 7.91. The van der Waals surface area contributed by atoms with Gasteiger partial charge in [0.25, 0.3) is 5.91 Å². The molecule has 0 bridgehead atoms. The summed E-state index contributed by atoms with van der Waals surface area (Å²) in [6.07, 6.45) is 0. The van der Waals surface area contributed by atoms with Gasteiger partial charge in [-0.15, -0.1) is 0 Å². The van der Waals surface area contributed by atoms with E-state index in [1.54, 1.807) is 13.1 Å². The molecule has 0 radical (unpaired) electrons. The molecule has 0 atom stereocenters. The molecule has 0 unspecified atom stereocenters. The molecular formula is C16H20FN3O3S. The first kappa shape index (κ1) is 18.1. The molecule has 2 aromatic rings. The number of nitrogens with zero attached hydrogens (tertiary/aromatic N) is 2. The summed E-state index contributed by atoms with van der Waals surface area (Å²) in [5, 5.41) is 6.82. The Kier molecular flexibility index (Phi) is 5.38. The van der Waals surface area contributed by atoms with Gasteiger partial charge in [0.05, 0.1) is 16.3 Å². The van der Waals surface area contributed by atoms with Gasteiger partial charge in [-0.05, 0) is 36.2 Å². The largest absolute Gasteiger partial charge is 0.350 e. The summed E-state index contributed by atoms with van der Waals surface area (Å²) in [7, 11) is -1.91. The van der Waals surface area contributed by atoms with Crippen LogP contribution < -0.4 is 5.32 Å². The van der Waals surface area contributed by atoms with Crippen molar-refractivity contribution < 1.29 is 17.6 Å². The Labute approximate surface area is 140 Å². The number of sulfone groups is 1. The van der Waals surface area contributed by atoms with Crippen LogP contribution in [0.3, 0.4) is 0 Å². The van der Waals surface area contributed by atoms with E-state index in [4.69, 9.17) is 0 Å². The average molecular weight is 353 g/mol. The lowest BCUT2D eigenvalue weighted by atomic mass is 10.1. The molecule has 2 rings (SSSR count). The summed E-state index contributed by atoms with van der Waals surface area (Å²) in [6.45, 7) is 3.90. The number of rotatable bonds is 6. The highest BCUT2D eigenvalue weighted by atomic mass is 32.2. The van der Waals surface area contributed by atoms with E-state index >= 15 is 0 Å². The van der Waals surface area contributed by atoms with E-state index < -0.39 is 15.7 Å². The van der Waals surface area contributed by atoms with Crippen molar-refractivity contribution >= 4 is 15.7 Å². The molecular weight excluding hydrogens is 333 g/mol. The van der Waals surface area contributed by atoms with Gasteiger partial charge in [0, 0.05) is 13.6 Å². The molecule has 130 valence electrons. The number of halogens is 1. The van der Waals surface area contributed by atoms with Crippen molar-refractivity contribution in [2.24, 2.45) is 7.05 Å². The predicted molar refractivity (Wildman–Crippen MR) is 88.1 cm³/mol. The van der Waals surface area contributed by atoms with Crippen LogP contribution in [0.1, 0.15) is 35.9 Å². The monoisotopic (exact) mass is 353 g/mol. The Morgan fingerprint density at radius 3 is 2.46 bits per heavy atom. The Hall–Kier alpha value is -2.22. The highest BCUT2D eigenvalue weighted by Crippen LogP contribution is 2.14. The lowest BCUT2D eigenvalue weighted by molar-refractivity contribution is 0.0946. The van der Waals surface area contributed by atoms with Crippen molar-refractivity contribution in [2.75, 3.05) is 12.3 Å². The van der Waals surface area contributed by atoms with Gasteiger partial charge in [-0.25, -0.2) is 12.8 Å². The normalized spacial score (nSPS) is 11.7. The number of aryl methyl sites for hydroxylation is 1. The fourth-order valence-electron chi connectivity index (χ4n) is 2.13. The number of benzene rings is 1. The summed E-state index contributed by atoms with van der Waals surface area (Å²) in [4.78, 5) is 12.2. The molecule has 1 amide bonds. The van der Waals surface area contributed by atoms with E-state index in [-0.39, 0.29) is 29.0 Å². The Morgan fingerprint density at radius 2 is 1.92 bits per heavy atom. The van der Waals surface area contributed by atoms with Gasteiger partial charge in [-0.2, -0.15) is 5.10 Å². The third kappa shape index (κ3) is 4.19. The molecule has 1 aromatic carbocycles. The fourth-order valence-corrected chi connectivity index (χ4v) is 3.29. The van der Waals surface area contributed by atoms with Crippen molar-refractivity contribution in [1.82, 2.24) is 15.1 Å². The molecule has 0 saturated heterocycles. The van der Waals surface area contributed by atoms with Crippen molar-refractivity contribution in [1.29, 1.82) is 0 Å². The van der Waals surface area contributed by atoms with E-state index in [2.05, 4.69) is 10.4 Å². The SMILES string of the molecule is CC(C)c1cc(C(=O)NCCS(=O)(=O)c2ccc(F)cc2)n(C)n1. The van der Waals surface area contributed by atoms with Crippen LogP contribution in [0.5, 0.6) is 0 Å². The van der Waals surface area contributed by atoms with Gasteiger partial charge in [0.15, 0.2) is 9.84 Å². The van der Waals surface area contributed by atoms with Gasteiger partial charge in [0.2, 0.25) is 0 Å². The number of carbonyl (C=O) groups is 1. The lowest BCUT2D eigenvalue weighted by Crippen LogP contribution is -2.30. The summed E-state index contributed by atoms with van der Waals surface area (Å²) < 4.78 is 38.6. The smallest absolute Gasteiger partial charge is 0.269 e. The van der Waals surface area contributed by atoms with Crippen molar-refractivity contribution in [3.8, 4) is 0 Å². The van der Waals surface area contributed by atoms with Crippen LogP contribution in [-0.2, 0) is 16.9 Å². The van der Waals surface area contributed by atoms with Crippen LogP contribution in [0, 0.1) is 5.82 Å². The van der Waals surface area contributed by atoms with Crippen LogP contribution in [0.4, 0.5) is 4.39 Å². The van der Waals surface area contributed by atoms with Gasteiger partial charge < -0.3 is 5.32 Å². The van der Waals surface area contributed by atoms with E-state index in [1.165, 1.54) is 16.8 Å². The van der Waals surface area contributed by atoms with Crippen LogP contribution in [0.25, 0.3) is 0 Å². The molecule has 0 aliphatic rings. The zero-order valence-electron chi connectivity index (χ0n) is 13.8. The van der Waals surface area contributed by atoms with Crippen LogP contribution in [-0.4, -0.2) is 36.4 Å².